The van der Waals surface area contributed by atoms with Crippen LogP contribution in [0.25, 0.3) is 0 Å². The molecule has 0 bridgehead atoms. The molecule has 148 valence electrons. The van der Waals surface area contributed by atoms with Gasteiger partial charge < -0.3 is 9.64 Å². The van der Waals surface area contributed by atoms with E-state index in [9.17, 15) is 13.2 Å². The molecule has 1 heterocycles. The fraction of sp³-hybridized carbons (Fsp3) is 0.421. The van der Waals surface area contributed by atoms with Crippen LogP contribution in [-0.2, 0) is 14.8 Å². The van der Waals surface area contributed by atoms with Gasteiger partial charge in [-0.05, 0) is 51.3 Å². The fourth-order valence-corrected chi connectivity index (χ4v) is 5.56. The standard InChI is InChI=1S/C19H26N2O4S2/c1-14(2)21(15(3)4)18(22)13-20(16-9-6-7-10-17(16)25-5)27(23,24)19-11-8-12-26-19/h6-12,14-15H,13H2,1-5H3. The quantitative estimate of drug-likeness (QED) is 0.667. The molecule has 0 fully saturated rings. The van der Waals surface area contributed by atoms with Crippen molar-refractivity contribution < 1.29 is 17.9 Å². The van der Waals surface area contributed by atoms with Crippen molar-refractivity contribution in [3.05, 3.63) is 41.8 Å². The molecule has 0 aliphatic heterocycles. The molecule has 1 aromatic heterocycles. The van der Waals surface area contributed by atoms with Crippen molar-refractivity contribution in [2.75, 3.05) is 18.0 Å². The summed E-state index contributed by atoms with van der Waals surface area (Å²) in [5.41, 5.74) is 0.342. The molecular weight excluding hydrogens is 384 g/mol. The van der Waals surface area contributed by atoms with Gasteiger partial charge in [0.15, 0.2) is 0 Å². The number of para-hydroxylation sites is 2. The molecule has 0 saturated heterocycles. The van der Waals surface area contributed by atoms with Gasteiger partial charge in [-0.15, -0.1) is 11.3 Å². The van der Waals surface area contributed by atoms with Gasteiger partial charge in [-0.25, -0.2) is 8.42 Å². The van der Waals surface area contributed by atoms with Gasteiger partial charge in [-0.2, -0.15) is 0 Å². The topological polar surface area (TPSA) is 66.9 Å². The number of ether oxygens (including phenoxy) is 1. The molecule has 0 N–H and O–H groups in total. The first kappa shape index (κ1) is 21.2. The zero-order valence-electron chi connectivity index (χ0n) is 16.2. The first-order chi connectivity index (χ1) is 12.7. The molecule has 6 nitrogen and oxygen atoms in total. The first-order valence-electron chi connectivity index (χ1n) is 8.70. The summed E-state index contributed by atoms with van der Waals surface area (Å²) in [4.78, 5) is 14.7. The third-order valence-corrected chi connectivity index (χ3v) is 7.21. The third-order valence-electron chi connectivity index (χ3n) is 4.07. The number of amides is 1. The molecule has 2 rings (SSSR count). The Morgan fingerprint density at radius 1 is 1.07 bits per heavy atom. The zero-order valence-corrected chi connectivity index (χ0v) is 17.9. The van der Waals surface area contributed by atoms with E-state index in [1.54, 1.807) is 40.6 Å². The van der Waals surface area contributed by atoms with E-state index in [1.807, 2.05) is 27.7 Å². The van der Waals surface area contributed by atoms with Gasteiger partial charge in [-0.3, -0.25) is 9.10 Å². The Kier molecular flexibility index (Phi) is 6.89. The lowest BCUT2D eigenvalue weighted by molar-refractivity contribution is -0.133. The molecule has 0 saturated carbocycles. The van der Waals surface area contributed by atoms with Gasteiger partial charge in [0.2, 0.25) is 5.91 Å². The summed E-state index contributed by atoms with van der Waals surface area (Å²) in [6.45, 7) is 7.37. The van der Waals surface area contributed by atoms with Crippen LogP contribution in [0.4, 0.5) is 5.69 Å². The minimum absolute atomic E-state index is 0.0403. The van der Waals surface area contributed by atoms with Gasteiger partial charge in [0, 0.05) is 12.1 Å². The van der Waals surface area contributed by atoms with Gasteiger partial charge in [0.05, 0.1) is 12.8 Å². The fourth-order valence-electron chi connectivity index (χ4n) is 3.03. The maximum Gasteiger partial charge on any atom is 0.274 e. The maximum atomic E-state index is 13.3. The lowest BCUT2D eigenvalue weighted by Crippen LogP contribution is -2.48. The average Bonchev–Trinajstić information content (AvgIpc) is 3.14. The molecule has 1 amide bonds. The minimum Gasteiger partial charge on any atom is -0.495 e. The number of carbonyl (C=O) groups is 1. The summed E-state index contributed by atoms with van der Waals surface area (Å²) in [5.74, 6) is 0.136. The van der Waals surface area contributed by atoms with E-state index >= 15 is 0 Å². The summed E-state index contributed by atoms with van der Waals surface area (Å²) in [5, 5.41) is 1.70. The SMILES string of the molecule is COc1ccccc1N(CC(=O)N(C(C)C)C(C)C)S(=O)(=O)c1cccs1. The Balaban J connectivity index is 2.53. The van der Waals surface area contributed by atoms with Crippen molar-refractivity contribution in [2.24, 2.45) is 0 Å². The van der Waals surface area contributed by atoms with Crippen LogP contribution in [0.5, 0.6) is 5.75 Å². The highest BCUT2D eigenvalue weighted by Crippen LogP contribution is 2.33. The van der Waals surface area contributed by atoms with Crippen LogP contribution in [0.3, 0.4) is 0 Å². The average molecular weight is 411 g/mol. The van der Waals surface area contributed by atoms with Crippen molar-refractivity contribution in [2.45, 2.75) is 44.0 Å². The molecule has 0 aliphatic rings. The highest BCUT2D eigenvalue weighted by molar-refractivity contribution is 7.94. The Morgan fingerprint density at radius 2 is 1.70 bits per heavy atom. The van der Waals surface area contributed by atoms with Crippen molar-refractivity contribution >= 4 is 33.0 Å². The highest BCUT2D eigenvalue weighted by Gasteiger charge is 2.32. The Bertz CT molecular complexity index is 854. The predicted molar refractivity (Wildman–Crippen MR) is 109 cm³/mol. The molecule has 8 heteroatoms. The molecule has 0 atom stereocenters. The zero-order chi connectivity index (χ0) is 20.2. The number of thiophene rings is 1. The van der Waals surface area contributed by atoms with Gasteiger partial charge in [0.1, 0.15) is 16.5 Å². The van der Waals surface area contributed by atoms with Crippen LogP contribution >= 0.6 is 11.3 Å². The normalized spacial score (nSPS) is 11.7. The second kappa shape index (κ2) is 8.75. The number of sulfonamides is 1. The van der Waals surface area contributed by atoms with Crippen LogP contribution in [-0.4, -0.2) is 45.0 Å². The summed E-state index contributed by atoms with van der Waals surface area (Å²) >= 11 is 1.12. The molecule has 0 spiro atoms. The molecule has 0 unspecified atom stereocenters. The predicted octanol–water partition coefficient (Wildman–Crippen LogP) is 3.60. The first-order valence-corrected chi connectivity index (χ1v) is 11.0. The van der Waals surface area contributed by atoms with Crippen LogP contribution < -0.4 is 9.04 Å². The number of hydrogen-bond acceptors (Lipinski definition) is 5. The number of benzene rings is 1. The molecule has 27 heavy (non-hydrogen) atoms. The summed E-state index contributed by atoms with van der Waals surface area (Å²) < 4.78 is 33.2. The molecule has 0 radical (unpaired) electrons. The van der Waals surface area contributed by atoms with Crippen LogP contribution in [0, 0.1) is 0 Å². The van der Waals surface area contributed by atoms with E-state index in [4.69, 9.17) is 4.74 Å². The van der Waals surface area contributed by atoms with Crippen molar-refractivity contribution in [1.29, 1.82) is 0 Å². The van der Waals surface area contributed by atoms with Crippen LogP contribution in [0.15, 0.2) is 46.0 Å². The second-order valence-electron chi connectivity index (χ2n) is 6.60. The van der Waals surface area contributed by atoms with E-state index in [-0.39, 0.29) is 28.7 Å². The third kappa shape index (κ3) is 4.62. The lowest BCUT2D eigenvalue weighted by atomic mass is 10.2. The van der Waals surface area contributed by atoms with Crippen LogP contribution in [0.1, 0.15) is 27.7 Å². The monoisotopic (exact) mass is 410 g/mol. The van der Waals surface area contributed by atoms with E-state index in [1.165, 1.54) is 13.2 Å². The Hall–Kier alpha value is -2.06. The largest absolute Gasteiger partial charge is 0.495 e. The number of rotatable bonds is 8. The van der Waals surface area contributed by atoms with Gasteiger partial charge in [0.25, 0.3) is 10.0 Å². The second-order valence-corrected chi connectivity index (χ2v) is 9.64. The van der Waals surface area contributed by atoms with Gasteiger partial charge in [-0.1, -0.05) is 18.2 Å². The Labute approximate surface area is 165 Å². The number of methoxy groups -OCH3 is 1. The van der Waals surface area contributed by atoms with Crippen LogP contribution in [0.2, 0.25) is 0 Å². The molecule has 2 aromatic rings. The molecule has 0 aliphatic carbocycles. The van der Waals surface area contributed by atoms with E-state index in [2.05, 4.69) is 0 Å². The summed E-state index contributed by atoms with van der Waals surface area (Å²) in [6, 6.07) is 9.94. The summed E-state index contributed by atoms with van der Waals surface area (Å²) in [6.07, 6.45) is 0. The number of carbonyl (C=O) groups excluding carboxylic acids is 1. The Morgan fingerprint density at radius 3 is 2.22 bits per heavy atom. The van der Waals surface area contributed by atoms with E-state index < -0.39 is 10.0 Å². The summed E-state index contributed by atoms with van der Waals surface area (Å²) in [7, 11) is -2.42. The van der Waals surface area contributed by atoms with Crippen molar-refractivity contribution in [1.82, 2.24) is 4.90 Å². The number of anilines is 1. The minimum atomic E-state index is -3.90. The maximum absolute atomic E-state index is 13.3. The lowest BCUT2D eigenvalue weighted by Gasteiger charge is -2.33. The smallest absolute Gasteiger partial charge is 0.274 e. The molecule has 1 aromatic carbocycles. The van der Waals surface area contributed by atoms with Crippen molar-refractivity contribution in [3.8, 4) is 5.75 Å². The van der Waals surface area contributed by atoms with E-state index in [0.717, 1.165) is 15.6 Å². The number of hydrogen-bond donors (Lipinski definition) is 0. The number of nitrogens with zero attached hydrogens (tertiary/aromatic N) is 2. The van der Waals surface area contributed by atoms with Gasteiger partial charge >= 0.3 is 0 Å². The highest BCUT2D eigenvalue weighted by atomic mass is 32.2. The molecular formula is C19H26N2O4S2. The van der Waals surface area contributed by atoms with E-state index in [0.29, 0.717) is 11.4 Å². The van der Waals surface area contributed by atoms with Crippen molar-refractivity contribution in [3.63, 3.8) is 0 Å².